The van der Waals surface area contributed by atoms with E-state index in [1.165, 1.54) is 18.2 Å². The first-order valence-electron chi connectivity index (χ1n) is 6.70. The van der Waals surface area contributed by atoms with Crippen molar-refractivity contribution in [2.24, 2.45) is 5.92 Å². The standard InChI is InChI=1S/C14H17ClFNO3S/c1-9-12(16)6-11(7-13(9)21(15,19)20)14(18)17(2)8-10-4-3-5-10/h6-7,10H,3-5,8H2,1-2H3. The smallest absolute Gasteiger partial charge is 0.261 e. The molecule has 21 heavy (non-hydrogen) atoms. The molecule has 0 aliphatic heterocycles. The average Bonchev–Trinajstić information content (AvgIpc) is 2.34. The fraction of sp³-hybridized carbons (Fsp3) is 0.500. The highest BCUT2D eigenvalue weighted by Crippen LogP contribution is 2.28. The molecule has 116 valence electrons. The van der Waals surface area contributed by atoms with Gasteiger partial charge in [0.05, 0.1) is 4.90 Å². The fourth-order valence-electron chi connectivity index (χ4n) is 2.40. The molecule has 0 saturated heterocycles. The van der Waals surface area contributed by atoms with Crippen LogP contribution in [0.4, 0.5) is 4.39 Å². The third-order valence-corrected chi connectivity index (χ3v) is 5.36. The van der Waals surface area contributed by atoms with E-state index in [2.05, 4.69) is 0 Å². The topological polar surface area (TPSA) is 54.5 Å². The molecule has 0 unspecified atom stereocenters. The molecular weight excluding hydrogens is 317 g/mol. The van der Waals surface area contributed by atoms with Crippen LogP contribution in [0, 0.1) is 18.7 Å². The van der Waals surface area contributed by atoms with E-state index in [0.717, 1.165) is 25.0 Å². The average molecular weight is 334 g/mol. The monoisotopic (exact) mass is 333 g/mol. The quantitative estimate of drug-likeness (QED) is 0.796. The number of nitrogens with zero attached hydrogens (tertiary/aromatic N) is 1. The molecule has 0 atom stereocenters. The lowest BCUT2D eigenvalue weighted by atomic mass is 9.85. The molecule has 2 rings (SSSR count). The molecule has 0 bridgehead atoms. The Balaban J connectivity index is 2.30. The Kier molecular flexibility index (Phi) is 4.58. The highest BCUT2D eigenvalue weighted by Gasteiger charge is 2.24. The highest BCUT2D eigenvalue weighted by molar-refractivity contribution is 8.13. The van der Waals surface area contributed by atoms with Crippen LogP contribution in [0.5, 0.6) is 0 Å². The Morgan fingerprint density at radius 3 is 2.52 bits per heavy atom. The van der Waals surface area contributed by atoms with Gasteiger partial charge in [-0.25, -0.2) is 12.8 Å². The van der Waals surface area contributed by atoms with E-state index >= 15 is 0 Å². The van der Waals surface area contributed by atoms with Crippen molar-refractivity contribution in [3.05, 3.63) is 29.1 Å². The Bertz CT molecular complexity index is 671. The molecular formula is C14H17ClFNO3S. The Hall–Kier alpha value is -1.14. The summed E-state index contributed by atoms with van der Waals surface area (Å²) in [5, 5.41) is 0. The summed E-state index contributed by atoms with van der Waals surface area (Å²) in [6.07, 6.45) is 3.34. The van der Waals surface area contributed by atoms with Gasteiger partial charge in [-0.15, -0.1) is 0 Å². The maximum Gasteiger partial charge on any atom is 0.261 e. The zero-order valence-corrected chi connectivity index (χ0v) is 13.5. The minimum atomic E-state index is -4.09. The third kappa shape index (κ3) is 3.55. The highest BCUT2D eigenvalue weighted by atomic mass is 35.7. The lowest BCUT2D eigenvalue weighted by Gasteiger charge is -2.30. The number of carbonyl (C=O) groups is 1. The lowest BCUT2D eigenvalue weighted by molar-refractivity contribution is 0.0744. The van der Waals surface area contributed by atoms with Crippen molar-refractivity contribution >= 4 is 25.6 Å². The molecule has 0 heterocycles. The van der Waals surface area contributed by atoms with E-state index in [9.17, 15) is 17.6 Å². The zero-order valence-electron chi connectivity index (χ0n) is 11.9. The van der Waals surface area contributed by atoms with Crippen LogP contribution in [-0.4, -0.2) is 32.8 Å². The molecule has 1 saturated carbocycles. The minimum Gasteiger partial charge on any atom is -0.341 e. The molecule has 1 aliphatic rings. The Morgan fingerprint density at radius 2 is 2.05 bits per heavy atom. The Morgan fingerprint density at radius 1 is 1.43 bits per heavy atom. The molecule has 1 fully saturated rings. The first-order valence-corrected chi connectivity index (χ1v) is 9.01. The van der Waals surface area contributed by atoms with Crippen LogP contribution in [0.15, 0.2) is 17.0 Å². The first-order chi connectivity index (χ1) is 9.70. The van der Waals surface area contributed by atoms with Crippen molar-refractivity contribution < 1.29 is 17.6 Å². The summed E-state index contributed by atoms with van der Waals surface area (Å²) in [5.74, 6) is -0.676. The Labute approximate surface area is 128 Å². The second kappa shape index (κ2) is 5.93. The lowest BCUT2D eigenvalue weighted by Crippen LogP contribution is -2.34. The van der Waals surface area contributed by atoms with Gasteiger partial charge in [0.15, 0.2) is 0 Å². The number of halogens is 2. The van der Waals surface area contributed by atoms with Gasteiger partial charge in [0.1, 0.15) is 5.82 Å². The van der Waals surface area contributed by atoms with Crippen molar-refractivity contribution in [1.82, 2.24) is 4.90 Å². The van der Waals surface area contributed by atoms with E-state index in [-0.39, 0.29) is 16.0 Å². The van der Waals surface area contributed by atoms with Crippen LogP contribution in [0.25, 0.3) is 0 Å². The molecule has 0 radical (unpaired) electrons. The number of carbonyl (C=O) groups excluding carboxylic acids is 1. The molecule has 0 N–H and O–H groups in total. The van der Waals surface area contributed by atoms with E-state index in [4.69, 9.17) is 10.7 Å². The summed E-state index contributed by atoms with van der Waals surface area (Å²) in [6, 6.07) is 2.20. The van der Waals surface area contributed by atoms with E-state index < -0.39 is 20.8 Å². The van der Waals surface area contributed by atoms with Crippen LogP contribution >= 0.6 is 10.7 Å². The minimum absolute atomic E-state index is 0.000788. The van der Waals surface area contributed by atoms with Gasteiger partial charge < -0.3 is 4.90 Å². The molecule has 1 amide bonds. The molecule has 7 heteroatoms. The van der Waals surface area contributed by atoms with Gasteiger partial charge in [0.25, 0.3) is 15.0 Å². The summed E-state index contributed by atoms with van der Waals surface area (Å²) in [6.45, 7) is 1.91. The van der Waals surface area contributed by atoms with Crippen molar-refractivity contribution in [3.63, 3.8) is 0 Å². The van der Waals surface area contributed by atoms with Crippen LogP contribution in [-0.2, 0) is 9.05 Å². The summed E-state index contributed by atoms with van der Waals surface area (Å²) < 4.78 is 36.8. The van der Waals surface area contributed by atoms with E-state index in [1.807, 2.05) is 0 Å². The second-order valence-electron chi connectivity index (χ2n) is 5.50. The number of hydrogen-bond acceptors (Lipinski definition) is 3. The van der Waals surface area contributed by atoms with E-state index in [1.54, 1.807) is 7.05 Å². The summed E-state index contributed by atoms with van der Waals surface area (Å²) >= 11 is 0. The molecule has 4 nitrogen and oxygen atoms in total. The fourth-order valence-corrected chi connectivity index (χ4v) is 3.61. The van der Waals surface area contributed by atoms with Gasteiger partial charge in [0, 0.05) is 35.4 Å². The van der Waals surface area contributed by atoms with Crippen LogP contribution in [0.1, 0.15) is 35.2 Å². The maximum absolute atomic E-state index is 13.8. The first kappa shape index (κ1) is 16.2. The predicted molar refractivity (Wildman–Crippen MR) is 78.5 cm³/mol. The van der Waals surface area contributed by atoms with Crippen LogP contribution in [0.2, 0.25) is 0 Å². The van der Waals surface area contributed by atoms with Gasteiger partial charge in [-0.05, 0) is 37.8 Å². The molecule has 0 aromatic heterocycles. The van der Waals surface area contributed by atoms with Crippen molar-refractivity contribution in [2.75, 3.05) is 13.6 Å². The predicted octanol–water partition coefficient (Wildman–Crippen LogP) is 2.93. The molecule has 1 aliphatic carbocycles. The van der Waals surface area contributed by atoms with Crippen molar-refractivity contribution in [2.45, 2.75) is 31.1 Å². The SMILES string of the molecule is Cc1c(F)cc(C(=O)N(C)CC2CCC2)cc1S(=O)(=O)Cl. The van der Waals surface area contributed by atoms with Gasteiger partial charge in [0.2, 0.25) is 0 Å². The van der Waals surface area contributed by atoms with E-state index in [0.29, 0.717) is 12.5 Å². The second-order valence-corrected chi connectivity index (χ2v) is 8.04. The number of amides is 1. The third-order valence-electron chi connectivity index (χ3n) is 3.91. The number of hydrogen-bond donors (Lipinski definition) is 0. The van der Waals surface area contributed by atoms with Crippen molar-refractivity contribution in [3.8, 4) is 0 Å². The molecule has 0 spiro atoms. The molecule has 1 aromatic carbocycles. The van der Waals surface area contributed by atoms with Gasteiger partial charge in [-0.2, -0.15) is 0 Å². The largest absolute Gasteiger partial charge is 0.341 e. The van der Waals surface area contributed by atoms with Gasteiger partial charge >= 0.3 is 0 Å². The zero-order chi connectivity index (χ0) is 15.8. The maximum atomic E-state index is 13.8. The summed E-state index contributed by atoms with van der Waals surface area (Å²) in [5.41, 5.74) is -0.0812. The van der Waals surface area contributed by atoms with Crippen LogP contribution < -0.4 is 0 Å². The normalized spacial score (nSPS) is 15.6. The van der Waals surface area contributed by atoms with Gasteiger partial charge in [-0.3, -0.25) is 4.79 Å². The number of benzene rings is 1. The van der Waals surface area contributed by atoms with Gasteiger partial charge in [-0.1, -0.05) is 6.42 Å². The van der Waals surface area contributed by atoms with Crippen LogP contribution in [0.3, 0.4) is 0 Å². The number of rotatable bonds is 4. The van der Waals surface area contributed by atoms with Crippen molar-refractivity contribution in [1.29, 1.82) is 0 Å². The summed E-state index contributed by atoms with van der Waals surface area (Å²) in [4.78, 5) is 13.4. The molecule has 1 aromatic rings. The summed E-state index contributed by atoms with van der Waals surface area (Å²) in [7, 11) is 2.83.